The zero-order chi connectivity index (χ0) is 20.6. The van der Waals surface area contributed by atoms with E-state index in [0.29, 0.717) is 0 Å². The quantitative estimate of drug-likeness (QED) is 0.513. The van der Waals surface area contributed by atoms with Crippen molar-refractivity contribution < 1.29 is 22.8 Å². The summed E-state index contributed by atoms with van der Waals surface area (Å²) in [4.78, 5) is 40.1. The van der Waals surface area contributed by atoms with E-state index in [1.165, 1.54) is 31.4 Å². The number of aryl methyl sites for hydroxylation is 1. The van der Waals surface area contributed by atoms with Crippen LogP contribution in [0.5, 0.6) is 0 Å². The van der Waals surface area contributed by atoms with Gasteiger partial charge in [-0.1, -0.05) is 12.1 Å². The molecule has 2 heterocycles. The monoisotopic (exact) mass is 409 g/mol. The molecule has 0 atom stereocenters. The van der Waals surface area contributed by atoms with E-state index in [-0.39, 0.29) is 39.9 Å². The van der Waals surface area contributed by atoms with E-state index in [9.17, 15) is 27.6 Å². The molecule has 28 heavy (non-hydrogen) atoms. The summed E-state index contributed by atoms with van der Waals surface area (Å²) in [5.74, 6) is -0.961. The molecule has 0 amide bonds. The Kier molecular flexibility index (Phi) is 5.07. The lowest BCUT2D eigenvalue weighted by Gasteiger charge is -2.07. The van der Waals surface area contributed by atoms with E-state index in [2.05, 4.69) is 10.1 Å². The Labute approximate surface area is 160 Å². The predicted octanol–water partition coefficient (Wildman–Crippen LogP) is 3.78. The maximum atomic E-state index is 12.9. The van der Waals surface area contributed by atoms with Crippen LogP contribution in [-0.4, -0.2) is 26.3 Å². The number of nitrogens with one attached hydrogen (secondary N) is 1. The highest BCUT2D eigenvalue weighted by atomic mass is 32.1. The maximum Gasteiger partial charge on any atom is 0.416 e. The lowest BCUT2D eigenvalue weighted by Crippen LogP contribution is -2.21. The van der Waals surface area contributed by atoms with E-state index in [1.54, 1.807) is 0 Å². The fraction of sp³-hybridized carbons (Fsp3) is 0.222. The number of ketones is 2. The highest BCUT2D eigenvalue weighted by Crippen LogP contribution is 2.32. The number of benzene rings is 1. The summed E-state index contributed by atoms with van der Waals surface area (Å²) in [6, 6.07) is 4.70. The van der Waals surface area contributed by atoms with Crippen molar-refractivity contribution in [1.29, 1.82) is 0 Å². The van der Waals surface area contributed by atoms with Gasteiger partial charge in [0.1, 0.15) is 11.3 Å². The topological polar surface area (TPSA) is 84.8 Å². The van der Waals surface area contributed by atoms with E-state index in [1.807, 2.05) is 0 Å². The number of thiazole rings is 1. The lowest BCUT2D eigenvalue weighted by molar-refractivity contribution is -0.137. The molecular formula is C18H14F3N3O3S. The van der Waals surface area contributed by atoms with Gasteiger partial charge in [-0.15, -0.1) is 11.3 Å². The van der Waals surface area contributed by atoms with Crippen LogP contribution >= 0.6 is 11.3 Å². The van der Waals surface area contributed by atoms with Crippen molar-refractivity contribution in [2.24, 2.45) is 0 Å². The molecule has 0 saturated carbocycles. The molecule has 0 aliphatic rings. The van der Waals surface area contributed by atoms with Crippen molar-refractivity contribution in [3.8, 4) is 16.4 Å². The summed E-state index contributed by atoms with van der Waals surface area (Å²) >= 11 is 1.03. The second-order valence-corrected chi connectivity index (χ2v) is 6.98. The van der Waals surface area contributed by atoms with Crippen LogP contribution in [0.25, 0.3) is 16.4 Å². The van der Waals surface area contributed by atoms with E-state index in [0.717, 1.165) is 28.2 Å². The first kappa shape index (κ1) is 19.7. The SMILES string of the molecule is CC(=O)CC(=O)c1c(C)[nH]n(-c2nc(-c3cccc(C(F)(F)F)c3)cs2)c1=O. The fourth-order valence-corrected chi connectivity index (χ4v) is 3.47. The molecule has 2 aromatic heterocycles. The van der Waals surface area contributed by atoms with Crippen molar-refractivity contribution in [2.45, 2.75) is 26.4 Å². The van der Waals surface area contributed by atoms with Crippen LogP contribution in [0.1, 0.15) is 35.0 Å². The van der Waals surface area contributed by atoms with Gasteiger partial charge in [0, 0.05) is 16.6 Å². The molecule has 0 bridgehead atoms. The fourth-order valence-electron chi connectivity index (χ4n) is 2.68. The Morgan fingerprint density at radius 1 is 1.29 bits per heavy atom. The van der Waals surface area contributed by atoms with Crippen LogP contribution in [0.2, 0.25) is 0 Å². The molecule has 0 fully saturated rings. The van der Waals surface area contributed by atoms with Gasteiger partial charge in [-0.3, -0.25) is 19.5 Å². The standard InChI is InChI=1S/C18H14F3N3O3S/c1-9(25)6-14(26)15-10(2)23-24(16(15)27)17-22-13(8-28-17)11-4-3-5-12(7-11)18(19,20)21/h3-5,7-8,23H,6H2,1-2H3. The van der Waals surface area contributed by atoms with Gasteiger partial charge in [-0.05, 0) is 26.0 Å². The highest BCUT2D eigenvalue weighted by molar-refractivity contribution is 7.12. The Bertz CT molecular complexity index is 1130. The summed E-state index contributed by atoms with van der Waals surface area (Å²) < 4.78 is 39.7. The minimum absolute atomic E-state index is 0.133. The number of H-pyrrole nitrogens is 1. The van der Waals surface area contributed by atoms with Gasteiger partial charge in [0.25, 0.3) is 5.56 Å². The van der Waals surface area contributed by atoms with Gasteiger partial charge in [0.05, 0.1) is 17.7 Å². The van der Waals surface area contributed by atoms with E-state index in [4.69, 9.17) is 0 Å². The van der Waals surface area contributed by atoms with Gasteiger partial charge in [0.2, 0.25) is 5.13 Å². The number of carbonyl (C=O) groups excluding carboxylic acids is 2. The summed E-state index contributed by atoms with van der Waals surface area (Å²) in [5.41, 5.74) is -0.792. The number of carbonyl (C=O) groups is 2. The second kappa shape index (κ2) is 7.19. The van der Waals surface area contributed by atoms with Crippen molar-refractivity contribution in [2.75, 3.05) is 0 Å². The predicted molar refractivity (Wildman–Crippen MR) is 96.9 cm³/mol. The molecule has 0 aliphatic carbocycles. The van der Waals surface area contributed by atoms with Crippen molar-refractivity contribution in [3.63, 3.8) is 0 Å². The second-order valence-electron chi connectivity index (χ2n) is 6.15. The molecule has 146 valence electrons. The third kappa shape index (κ3) is 3.81. The molecule has 0 unspecified atom stereocenters. The number of rotatable bonds is 5. The highest BCUT2D eigenvalue weighted by Gasteiger charge is 2.30. The first-order valence-corrected chi connectivity index (χ1v) is 8.93. The number of aromatic amines is 1. The molecule has 3 rings (SSSR count). The average Bonchev–Trinajstić information content (AvgIpc) is 3.18. The lowest BCUT2D eigenvalue weighted by atomic mass is 10.1. The molecule has 10 heteroatoms. The Hall–Kier alpha value is -3.01. The minimum atomic E-state index is -4.48. The number of nitrogens with zero attached hydrogens (tertiary/aromatic N) is 2. The first-order valence-electron chi connectivity index (χ1n) is 8.05. The Balaban J connectivity index is 1.99. The first-order chi connectivity index (χ1) is 13.1. The van der Waals surface area contributed by atoms with Crippen molar-refractivity contribution >= 4 is 22.9 Å². The normalized spacial score (nSPS) is 11.6. The minimum Gasteiger partial charge on any atom is -0.300 e. The summed E-state index contributed by atoms with van der Waals surface area (Å²) in [6.07, 6.45) is -4.87. The summed E-state index contributed by atoms with van der Waals surface area (Å²) in [6.45, 7) is 2.77. The molecule has 3 aromatic rings. The van der Waals surface area contributed by atoms with Gasteiger partial charge in [0.15, 0.2) is 5.78 Å². The van der Waals surface area contributed by atoms with Crippen LogP contribution < -0.4 is 5.56 Å². The van der Waals surface area contributed by atoms with Crippen molar-refractivity contribution in [1.82, 2.24) is 14.8 Å². The third-order valence-electron chi connectivity index (χ3n) is 3.93. The number of aromatic nitrogens is 3. The molecule has 0 spiro atoms. The maximum absolute atomic E-state index is 12.9. The van der Waals surface area contributed by atoms with Crippen molar-refractivity contribution in [3.05, 3.63) is 56.8 Å². The smallest absolute Gasteiger partial charge is 0.300 e. The molecule has 0 saturated heterocycles. The van der Waals surface area contributed by atoms with Crippen LogP contribution in [0, 0.1) is 6.92 Å². The molecule has 0 radical (unpaired) electrons. The molecule has 1 aromatic carbocycles. The van der Waals surface area contributed by atoms with Crippen LogP contribution in [-0.2, 0) is 11.0 Å². The molecule has 1 N–H and O–H groups in total. The van der Waals surface area contributed by atoms with Gasteiger partial charge in [-0.25, -0.2) is 4.98 Å². The average molecular weight is 409 g/mol. The van der Waals surface area contributed by atoms with Gasteiger partial charge >= 0.3 is 6.18 Å². The molecule has 0 aliphatic heterocycles. The molecule has 6 nitrogen and oxygen atoms in total. The zero-order valence-electron chi connectivity index (χ0n) is 14.8. The summed E-state index contributed by atoms with van der Waals surface area (Å²) in [7, 11) is 0. The number of alkyl halides is 3. The van der Waals surface area contributed by atoms with E-state index >= 15 is 0 Å². The Morgan fingerprint density at radius 3 is 2.64 bits per heavy atom. The third-order valence-corrected chi connectivity index (χ3v) is 4.75. The zero-order valence-corrected chi connectivity index (χ0v) is 15.6. The largest absolute Gasteiger partial charge is 0.416 e. The number of hydrogen-bond acceptors (Lipinski definition) is 5. The molecular weight excluding hydrogens is 395 g/mol. The van der Waals surface area contributed by atoms with Crippen LogP contribution in [0.4, 0.5) is 13.2 Å². The van der Waals surface area contributed by atoms with Crippen LogP contribution in [0.15, 0.2) is 34.4 Å². The van der Waals surface area contributed by atoms with Crippen LogP contribution in [0.3, 0.4) is 0 Å². The number of halogens is 3. The number of hydrogen-bond donors (Lipinski definition) is 1. The van der Waals surface area contributed by atoms with Gasteiger partial charge < -0.3 is 0 Å². The number of Topliss-reactive ketones (excluding diaryl/α,β-unsaturated/α-hetero) is 2. The Morgan fingerprint density at radius 2 is 2.00 bits per heavy atom. The summed E-state index contributed by atoms with van der Waals surface area (Å²) in [5, 5.41) is 4.41. The van der Waals surface area contributed by atoms with E-state index < -0.39 is 23.1 Å². The van der Waals surface area contributed by atoms with Gasteiger partial charge in [-0.2, -0.15) is 17.9 Å².